The summed E-state index contributed by atoms with van der Waals surface area (Å²) in [5, 5.41) is 2.96. The molecule has 6 heteroatoms. The van der Waals surface area contributed by atoms with Gasteiger partial charge in [0.15, 0.2) is 0 Å². The Hall–Kier alpha value is -1.66. The fraction of sp³-hybridized carbons (Fsp3) is 0.667. The molecule has 1 aliphatic carbocycles. The van der Waals surface area contributed by atoms with E-state index in [0.29, 0.717) is 19.0 Å². The quantitative estimate of drug-likeness (QED) is 0.924. The van der Waals surface area contributed by atoms with Crippen molar-refractivity contribution in [3.63, 3.8) is 0 Å². The number of rotatable bonds is 3. The number of morpholine rings is 1. The predicted molar refractivity (Wildman–Crippen MR) is 94.2 cm³/mol. The first-order valence-corrected chi connectivity index (χ1v) is 8.77. The molecule has 1 atom stereocenters. The van der Waals surface area contributed by atoms with Gasteiger partial charge in [-0.3, -0.25) is 5.32 Å². The van der Waals surface area contributed by atoms with Crippen LogP contribution in [-0.2, 0) is 4.74 Å². The number of nitrogens with one attached hydrogen (secondary N) is 1. The van der Waals surface area contributed by atoms with Gasteiger partial charge in [-0.15, -0.1) is 0 Å². The van der Waals surface area contributed by atoms with Crippen molar-refractivity contribution in [2.75, 3.05) is 39.1 Å². The molecular formula is C18H28N4O2. The number of nitrogens with zero attached hydrogens (tertiary/aromatic N) is 3. The summed E-state index contributed by atoms with van der Waals surface area (Å²) in [4.78, 5) is 21.4. The minimum absolute atomic E-state index is 0.0658. The molecule has 1 saturated heterocycles. The molecule has 1 aromatic rings. The maximum atomic E-state index is 12.9. The van der Waals surface area contributed by atoms with Crippen molar-refractivity contribution < 1.29 is 9.53 Å². The molecule has 0 bridgehead atoms. The SMILES string of the molecule is Cc1cccc(NC(=O)N2CC3(CCCC3)OC[C@@H]2CN(C)C)n1. The Labute approximate surface area is 144 Å². The zero-order chi connectivity index (χ0) is 17.2. The number of hydrogen-bond donors (Lipinski definition) is 1. The van der Waals surface area contributed by atoms with E-state index in [2.05, 4.69) is 15.2 Å². The summed E-state index contributed by atoms with van der Waals surface area (Å²) >= 11 is 0. The topological polar surface area (TPSA) is 57.7 Å². The molecule has 1 spiro atoms. The maximum Gasteiger partial charge on any atom is 0.323 e. The standard InChI is InChI=1S/C18H28N4O2/c1-14-7-6-8-16(19-14)20-17(23)22-13-18(9-4-5-10-18)24-12-15(22)11-21(2)3/h6-8,15H,4-5,9-13H2,1-3H3,(H,19,20,23)/t15-/m0/s1. The molecule has 132 valence electrons. The molecule has 1 aliphatic heterocycles. The van der Waals surface area contributed by atoms with Crippen molar-refractivity contribution in [2.24, 2.45) is 0 Å². The highest BCUT2D eigenvalue weighted by Gasteiger charge is 2.44. The fourth-order valence-electron chi connectivity index (χ4n) is 3.77. The number of anilines is 1. The van der Waals surface area contributed by atoms with E-state index in [0.717, 1.165) is 25.1 Å². The van der Waals surface area contributed by atoms with Gasteiger partial charge in [-0.05, 0) is 46.0 Å². The van der Waals surface area contributed by atoms with Crippen LogP contribution in [-0.4, -0.2) is 66.2 Å². The average molecular weight is 332 g/mol. The molecule has 2 fully saturated rings. The first-order chi connectivity index (χ1) is 11.5. The van der Waals surface area contributed by atoms with Gasteiger partial charge in [0.2, 0.25) is 0 Å². The molecule has 24 heavy (non-hydrogen) atoms. The summed E-state index contributed by atoms with van der Waals surface area (Å²) in [5.74, 6) is 0.607. The van der Waals surface area contributed by atoms with Crippen LogP contribution in [0.4, 0.5) is 10.6 Å². The number of likely N-dealkylation sites (N-methyl/N-ethyl adjacent to an activating group) is 1. The molecule has 1 saturated carbocycles. The van der Waals surface area contributed by atoms with E-state index in [1.807, 2.05) is 44.1 Å². The van der Waals surface area contributed by atoms with Gasteiger partial charge in [0, 0.05) is 12.2 Å². The normalized spacial score (nSPS) is 23.0. The van der Waals surface area contributed by atoms with Crippen LogP contribution in [0.1, 0.15) is 31.4 Å². The van der Waals surface area contributed by atoms with Crippen molar-refractivity contribution in [3.05, 3.63) is 23.9 Å². The summed E-state index contributed by atoms with van der Waals surface area (Å²) in [5.41, 5.74) is 0.757. The van der Waals surface area contributed by atoms with Gasteiger partial charge in [0.05, 0.1) is 24.8 Å². The fourth-order valence-corrected chi connectivity index (χ4v) is 3.77. The van der Waals surface area contributed by atoms with E-state index >= 15 is 0 Å². The largest absolute Gasteiger partial charge is 0.371 e. The van der Waals surface area contributed by atoms with Gasteiger partial charge in [-0.1, -0.05) is 18.9 Å². The third kappa shape index (κ3) is 3.87. The Morgan fingerprint density at radius 2 is 2.17 bits per heavy atom. The lowest BCUT2D eigenvalue weighted by Crippen LogP contribution is -2.60. The van der Waals surface area contributed by atoms with E-state index in [1.54, 1.807) is 0 Å². The second-order valence-electron chi connectivity index (χ2n) is 7.34. The summed E-state index contributed by atoms with van der Waals surface area (Å²) < 4.78 is 6.23. The van der Waals surface area contributed by atoms with Gasteiger partial charge < -0.3 is 14.5 Å². The van der Waals surface area contributed by atoms with E-state index in [4.69, 9.17) is 4.74 Å². The molecule has 1 N–H and O–H groups in total. The first-order valence-electron chi connectivity index (χ1n) is 8.77. The molecule has 0 aromatic carbocycles. The Balaban J connectivity index is 1.74. The van der Waals surface area contributed by atoms with E-state index < -0.39 is 0 Å². The third-order valence-corrected chi connectivity index (χ3v) is 4.96. The number of carbonyl (C=O) groups is 1. The summed E-state index contributed by atoms with van der Waals surface area (Å²) in [6, 6.07) is 5.66. The number of ether oxygens (including phenoxy) is 1. The molecule has 2 amide bonds. The Bertz CT molecular complexity index is 584. The van der Waals surface area contributed by atoms with Gasteiger partial charge in [-0.25, -0.2) is 9.78 Å². The van der Waals surface area contributed by atoms with Gasteiger partial charge in [-0.2, -0.15) is 0 Å². The molecule has 0 radical (unpaired) electrons. The Morgan fingerprint density at radius 1 is 1.42 bits per heavy atom. The van der Waals surface area contributed by atoms with Crippen LogP contribution in [0.25, 0.3) is 0 Å². The third-order valence-electron chi connectivity index (χ3n) is 4.96. The number of hydrogen-bond acceptors (Lipinski definition) is 4. The number of aryl methyl sites for hydroxylation is 1. The molecular weight excluding hydrogens is 304 g/mol. The zero-order valence-electron chi connectivity index (χ0n) is 14.9. The highest BCUT2D eigenvalue weighted by molar-refractivity contribution is 5.88. The summed E-state index contributed by atoms with van der Waals surface area (Å²) in [6.45, 7) is 3.99. The highest BCUT2D eigenvalue weighted by atomic mass is 16.5. The zero-order valence-corrected chi connectivity index (χ0v) is 14.9. The Kier molecular flexibility index (Phi) is 5.06. The lowest BCUT2D eigenvalue weighted by molar-refractivity contribution is -0.118. The van der Waals surface area contributed by atoms with Crippen molar-refractivity contribution in [2.45, 2.75) is 44.2 Å². The number of urea groups is 1. The molecule has 3 rings (SSSR count). The lowest BCUT2D eigenvalue weighted by Gasteiger charge is -2.45. The van der Waals surface area contributed by atoms with Crippen LogP contribution < -0.4 is 5.32 Å². The van der Waals surface area contributed by atoms with Gasteiger partial charge in [0.25, 0.3) is 0 Å². The van der Waals surface area contributed by atoms with E-state index in [1.165, 1.54) is 12.8 Å². The minimum Gasteiger partial charge on any atom is -0.371 e. The van der Waals surface area contributed by atoms with Crippen LogP contribution in [0.3, 0.4) is 0 Å². The first kappa shape index (κ1) is 17.2. The van der Waals surface area contributed by atoms with Crippen LogP contribution in [0.15, 0.2) is 18.2 Å². The second kappa shape index (κ2) is 7.07. The van der Waals surface area contributed by atoms with Crippen molar-refractivity contribution >= 4 is 11.8 Å². The average Bonchev–Trinajstić information content (AvgIpc) is 2.97. The molecule has 0 unspecified atom stereocenters. The maximum absolute atomic E-state index is 12.9. The lowest BCUT2D eigenvalue weighted by atomic mass is 9.97. The number of amides is 2. The molecule has 2 aliphatic rings. The summed E-state index contributed by atoms with van der Waals surface area (Å²) in [7, 11) is 4.05. The van der Waals surface area contributed by atoms with Crippen molar-refractivity contribution in [1.82, 2.24) is 14.8 Å². The monoisotopic (exact) mass is 332 g/mol. The molecule has 2 heterocycles. The molecule has 1 aromatic heterocycles. The van der Waals surface area contributed by atoms with Crippen LogP contribution in [0.2, 0.25) is 0 Å². The van der Waals surface area contributed by atoms with E-state index in [9.17, 15) is 4.79 Å². The smallest absolute Gasteiger partial charge is 0.323 e. The Morgan fingerprint density at radius 3 is 2.83 bits per heavy atom. The van der Waals surface area contributed by atoms with Crippen LogP contribution >= 0.6 is 0 Å². The number of aromatic nitrogens is 1. The van der Waals surface area contributed by atoms with Crippen molar-refractivity contribution in [1.29, 1.82) is 0 Å². The molecule has 6 nitrogen and oxygen atoms in total. The predicted octanol–water partition coefficient (Wildman–Crippen LogP) is 2.50. The second-order valence-corrected chi connectivity index (χ2v) is 7.34. The van der Waals surface area contributed by atoms with Crippen LogP contribution in [0, 0.1) is 6.92 Å². The number of carbonyl (C=O) groups excluding carboxylic acids is 1. The van der Waals surface area contributed by atoms with E-state index in [-0.39, 0.29) is 17.7 Å². The highest BCUT2D eigenvalue weighted by Crippen LogP contribution is 2.37. The minimum atomic E-state index is -0.139. The van der Waals surface area contributed by atoms with Crippen LogP contribution in [0.5, 0.6) is 0 Å². The van der Waals surface area contributed by atoms with Gasteiger partial charge in [0.1, 0.15) is 5.82 Å². The number of pyridine rings is 1. The summed E-state index contributed by atoms with van der Waals surface area (Å²) in [6.07, 6.45) is 4.48. The van der Waals surface area contributed by atoms with Gasteiger partial charge >= 0.3 is 6.03 Å². The van der Waals surface area contributed by atoms with Crippen molar-refractivity contribution in [3.8, 4) is 0 Å².